The topological polar surface area (TPSA) is 89.0 Å². The quantitative estimate of drug-likeness (QED) is 0.828. The van der Waals surface area contributed by atoms with E-state index in [1.807, 2.05) is 6.92 Å². The first-order chi connectivity index (χ1) is 11.6. The van der Waals surface area contributed by atoms with Crippen molar-refractivity contribution >= 4 is 16.0 Å². The zero-order valence-electron chi connectivity index (χ0n) is 14.0. The summed E-state index contributed by atoms with van der Waals surface area (Å²) < 4.78 is 38.3. The highest BCUT2D eigenvalue weighted by atomic mass is 32.2. The molecular weight excluding hydrogens is 330 g/mol. The van der Waals surface area contributed by atoms with Crippen LogP contribution in [0, 0.1) is 6.92 Å². The van der Waals surface area contributed by atoms with Gasteiger partial charge in [-0.05, 0) is 31.9 Å². The third kappa shape index (κ3) is 6.46. The minimum atomic E-state index is -3.66. The van der Waals surface area contributed by atoms with E-state index in [4.69, 9.17) is 9.47 Å². The number of aliphatic imine (C=N–C) groups is 1. The van der Waals surface area contributed by atoms with Gasteiger partial charge in [0.25, 0.3) is 10.0 Å². The lowest BCUT2D eigenvalue weighted by molar-refractivity contribution is 0.0471. The van der Waals surface area contributed by atoms with Crippen LogP contribution < -0.4 is 10.0 Å². The number of guanidine groups is 1. The molecular formula is C16H25N3O4S. The maximum absolute atomic E-state index is 12.5. The Bertz CT molecular complexity index is 629. The van der Waals surface area contributed by atoms with E-state index < -0.39 is 10.0 Å². The molecule has 0 unspecified atom stereocenters. The van der Waals surface area contributed by atoms with E-state index >= 15 is 0 Å². The normalized spacial score (nSPS) is 18.3. The number of nitrogens with zero attached hydrogens (tertiary/aromatic N) is 1. The molecule has 1 heterocycles. The van der Waals surface area contributed by atoms with Crippen molar-refractivity contribution in [3.05, 3.63) is 29.8 Å². The summed E-state index contributed by atoms with van der Waals surface area (Å²) in [5.41, 5.74) is 1.01. The molecule has 0 bridgehead atoms. The number of rotatable bonds is 2. The van der Waals surface area contributed by atoms with Crippen molar-refractivity contribution in [3.8, 4) is 0 Å². The second kappa shape index (κ2) is 9.61. The molecule has 8 heteroatoms. The number of hydrogen-bond donors (Lipinski definition) is 2. The Kier molecular flexibility index (Phi) is 7.48. The SMILES string of the molecule is Cc1ccc(S(=O)(=O)NC2=NCCCOCCOCCCN2)cc1. The van der Waals surface area contributed by atoms with Crippen molar-refractivity contribution < 1.29 is 17.9 Å². The molecule has 0 amide bonds. The number of sulfonamides is 1. The average Bonchev–Trinajstić information content (AvgIpc) is 2.57. The van der Waals surface area contributed by atoms with Crippen LogP contribution in [-0.2, 0) is 19.5 Å². The van der Waals surface area contributed by atoms with Crippen molar-refractivity contribution in [2.45, 2.75) is 24.7 Å². The minimum absolute atomic E-state index is 0.215. The molecule has 0 saturated heterocycles. The van der Waals surface area contributed by atoms with Gasteiger partial charge in [-0.3, -0.25) is 4.99 Å². The van der Waals surface area contributed by atoms with Crippen LogP contribution in [0.2, 0.25) is 0 Å². The van der Waals surface area contributed by atoms with Gasteiger partial charge in [-0.1, -0.05) is 17.7 Å². The van der Waals surface area contributed by atoms with Crippen LogP contribution in [-0.4, -0.2) is 53.9 Å². The van der Waals surface area contributed by atoms with Gasteiger partial charge in [0.05, 0.1) is 18.1 Å². The number of hydrogen-bond acceptors (Lipinski definition) is 6. The smallest absolute Gasteiger partial charge is 0.264 e. The van der Waals surface area contributed by atoms with Crippen molar-refractivity contribution in [1.29, 1.82) is 0 Å². The van der Waals surface area contributed by atoms with Crippen molar-refractivity contribution in [3.63, 3.8) is 0 Å². The first-order valence-corrected chi connectivity index (χ1v) is 9.59. The first kappa shape index (κ1) is 18.7. The molecule has 1 aliphatic rings. The second-order valence-corrected chi connectivity index (χ2v) is 7.19. The maximum Gasteiger partial charge on any atom is 0.264 e. The molecule has 0 radical (unpaired) electrons. The lowest BCUT2D eigenvalue weighted by Gasteiger charge is -2.13. The number of aryl methyl sites for hydroxylation is 1. The van der Waals surface area contributed by atoms with Crippen LogP contribution in [0.4, 0.5) is 0 Å². The first-order valence-electron chi connectivity index (χ1n) is 8.11. The van der Waals surface area contributed by atoms with E-state index in [2.05, 4.69) is 15.0 Å². The third-order valence-electron chi connectivity index (χ3n) is 3.41. The Morgan fingerprint density at radius 3 is 2.42 bits per heavy atom. The molecule has 0 aliphatic carbocycles. The Morgan fingerprint density at radius 2 is 1.71 bits per heavy atom. The molecule has 0 atom stereocenters. The van der Waals surface area contributed by atoms with Crippen LogP contribution in [0.25, 0.3) is 0 Å². The largest absolute Gasteiger partial charge is 0.379 e. The van der Waals surface area contributed by atoms with E-state index in [1.165, 1.54) is 0 Å². The monoisotopic (exact) mass is 355 g/mol. The predicted molar refractivity (Wildman–Crippen MR) is 92.7 cm³/mol. The fourth-order valence-electron chi connectivity index (χ4n) is 2.09. The van der Waals surface area contributed by atoms with E-state index in [0.717, 1.165) is 18.4 Å². The Hall–Kier alpha value is -1.64. The molecule has 0 spiro atoms. The van der Waals surface area contributed by atoms with Gasteiger partial charge >= 0.3 is 0 Å². The third-order valence-corrected chi connectivity index (χ3v) is 4.76. The lowest BCUT2D eigenvalue weighted by Crippen LogP contribution is -2.41. The minimum Gasteiger partial charge on any atom is -0.379 e. The fraction of sp³-hybridized carbons (Fsp3) is 0.562. The van der Waals surface area contributed by atoms with Gasteiger partial charge in [-0.25, -0.2) is 13.1 Å². The second-order valence-electron chi connectivity index (χ2n) is 5.51. The summed E-state index contributed by atoms with van der Waals surface area (Å²) in [6, 6.07) is 6.70. The summed E-state index contributed by atoms with van der Waals surface area (Å²) >= 11 is 0. The summed E-state index contributed by atoms with van der Waals surface area (Å²) in [7, 11) is -3.66. The molecule has 7 nitrogen and oxygen atoms in total. The highest BCUT2D eigenvalue weighted by Gasteiger charge is 2.16. The number of benzene rings is 1. The molecule has 1 aromatic carbocycles. The van der Waals surface area contributed by atoms with Gasteiger partial charge in [0, 0.05) is 26.3 Å². The fourth-order valence-corrected chi connectivity index (χ4v) is 3.09. The molecule has 0 saturated carbocycles. The molecule has 1 aromatic rings. The highest BCUT2D eigenvalue weighted by molar-refractivity contribution is 7.90. The zero-order valence-corrected chi connectivity index (χ0v) is 14.8. The lowest BCUT2D eigenvalue weighted by atomic mass is 10.2. The van der Waals surface area contributed by atoms with Gasteiger partial charge in [0.15, 0.2) is 0 Å². The van der Waals surface area contributed by atoms with Crippen LogP contribution in [0.3, 0.4) is 0 Å². The molecule has 0 fully saturated rings. The van der Waals surface area contributed by atoms with E-state index in [9.17, 15) is 8.42 Å². The molecule has 1 aliphatic heterocycles. The average molecular weight is 355 g/mol. The van der Waals surface area contributed by atoms with E-state index in [-0.39, 0.29) is 10.9 Å². The van der Waals surface area contributed by atoms with Crippen LogP contribution in [0.1, 0.15) is 18.4 Å². The van der Waals surface area contributed by atoms with E-state index in [1.54, 1.807) is 24.3 Å². The molecule has 24 heavy (non-hydrogen) atoms. The maximum atomic E-state index is 12.5. The summed E-state index contributed by atoms with van der Waals surface area (Å²) in [4.78, 5) is 4.53. The molecule has 134 valence electrons. The number of ether oxygens (including phenoxy) is 2. The molecule has 2 N–H and O–H groups in total. The van der Waals surface area contributed by atoms with Crippen molar-refractivity contribution in [2.75, 3.05) is 39.5 Å². The predicted octanol–water partition coefficient (Wildman–Crippen LogP) is 1.05. The Balaban J connectivity index is 2.03. The summed E-state index contributed by atoms with van der Waals surface area (Å²) in [6.07, 6.45) is 1.47. The Morgan fingerprint density at radius 1 is 1.04 bits per heavy atom. The molecule has 0 aromatic heterocycles. The van der Waals surface area contributed by atoms with Gasteiger partial charge in [0.2, 0.25) is 5.96 Å². The van der Waals surface area contributed by atoms with Gasteiger partial charge in [-0.2, -0.15) is 0 Å². The van der Waals surface area contributed by atoms with Gasteiger partial charge in [-0.15, -0.1) is 0 Å². The van der Waals surface area contributed by atoms with Crippen LogP contribution in [0.5, 0.6) is 0 Å². The summed E-state index contributed by atoms with van der Waals surface area (Å²) in [6.45, 7) is 5.29. The van der Waals surface area contributed by atoms with Crippen LogP contribution >= 0.6 is 0 Å². The summed E-state index contributed by atoms with van der Waals surface area (Å²) in [5.74, 6) is 0.259. The summed E-state index contributed by atoms with van der Waals surface area (Å²) in [5, 5.41) is 3.03. The van der Waals surface area contributed by atoms with Gasteiger partial charge in [0.1, 0.15) is 0 Å². The number of nitrogens with one attached hydrogen (secondary N) is 2. The van der Waals surface area contributed by atoms with Crippen molar-refractivity contribution in [2.24, 2.45) is 4.99 Å². The van der Waals surface area contributed by atoms with E-state index in [0.29, 0.717) is 39.5 Å². The zero-order chi connectivity index (χ0) is 17.3. The van der Waals surface area contributed by atoms with Crippen molar-refractivity contribution in [1.82, 2.24) is 10.0 Å². The Labute approximate surface area is 143 Å². The molecule has 2 rings (SSSR count). The van der Waals surface area contributed by atoms with Gasteiger partial charge < -0.3 is 14.8 Å². The van der Waals surface area contributed by atoms with Crippen LogP contribution in [0.15, 0.2) is 34.2 Å². The standard InChI is InChI=1S/C16H25N3O4S/c1-14-4-6-15(7-5-14)24(20,21)19-16-17-8-2-10-22-12-13-23-11-3-9-18-16/h4-7H,2-3,8-13H2,1H3,(H2,17,18,19). The highest BCUT2D eigenvalue weighted by Crippen LogP contribution is 2.09.